The second-order valence-corrected chi connectivity index (χ2v) is 17.3. The van der Waals surface area contributed by atoms with Crippen LogP contribution in [0.25, 0.3) is 34.4 Å². The second kappa shape index (κ2) is 14.6. The van der Waals surface area contributed by atoms with Crippen molar-refractivity contribution in [1.82, 2.24) is 0 Å². The highest BCUT2D eigenvalue weighted by molar-refractivity contribution is 5.88. The van der Waals surface area contributed by atoms with Gasteiger partial charge in [-0.05, 0) is 149 Å². The quantitative estimate of drug-likeness (QED) is 0.107. The summed E-state index contributed by atoms with van der Waals surface area (Å²) in [6, 6.07) is 56.0. The van der Waals surface area contributed by atoms with Gasteiger partial charge in [0, 0.05) is 45.0 Å². The molecular formula is C57H52N2. The number of hydrogen-bond acceptors (Lipinski definition) is 2. The largest absolute Gasteiger partial charge is 0.311 e. The number of rotatable bonds is 9. The third kappa shape index (κ3) is 6.63. The van der Waals surface area contributed by atoms with Crippen molar-refractivity contribution in [1.29, 1.82) is 0 Å². The van der Waals surface area contributed by atoms with Crippen molar-refractivity contribution < 1.29 is 0 Å². The van der Waals surface area contributed by atoms with E-state index in [0.29, 0.717) is 0 Å². The Kier molecular flexibility index (Phi) is 9.40. The molecule has 0 unspecified atom stereocenters. The molecule has 290 valence electrons. The van der Waals surface area contributed by atoms with E-state index in [1.165, 1.54) is 78.1 Å². The molecule has 0 amide bonds. The number of fused-ring (bicyclic) bond motifs is 6. The van der Waals surface area contributed by atoms with Gasteiger partial charge in [0.25, 0.3) is 0 Å². The maximum absolute atomic E-state index is 4.43. The van der Waals surface area contributed by atoms with Crippen molar-refractivity contribution in [2.75, 3.05) is 9.80 Å². The Morgan fingerprint density at radius 2 is 0.932 bits per heavy atom. The van der Waals surface area contributed by atoms with Crippen molar-refractivity contribution in [2.24, 2.45) is 0 Å². The summed E-state index contributed by atoms with van der Waals surface area (Å²) in [5.41, 5.74) is 21.9. The smallest absolute Gasteiger partial charge is 0.0465 e. The molecule has 0 spiro atoms. The molecule has 0 saturated carbocycles. The van der Waals surface area contributed by atoms with Crippen molar-refractivity contribution in [3.63, 3.8) is 0 Å². The van der Waals surface area contributed by atoms with E-state index in [4.69, 9.17) is 0 Å². The molecule has 0 bridgehead atoms. The monoisotopic (exact) mass is 764 g/mol. The maximum Gasteiger partial charge on any atom is 0.0465 e. The minimum atomic E-state index is -0.161. The van der Waals surface area contributed by atoms with Crippen LogP contribution in [0.5, 0.6) is 0 Å². The summed E-state index contributed by atoms with van der Waals surface area (Å²) >= 11 is 0. The molecule has 0 fully saturated rings. The number of allylic oxidation sites excluding steroid dienone is 2. The van der Waals surface area contributed by atoms with E-state index in [1.54, 1.807) is 0 Å². The predicted octanol–water partition coefficient (Wildman–Crippen LogP) is 15.8. The highest BCUT2D eigenvalue weighted by atomic mass is 15.1. The average molecular weight is 765 g/mol. The Balaban J connectivity index is 1.01. The normalized spacial score (nSPS) is 14.2. The lowest BCUT2D eigenvalue weighted by atomic mass is 9.81. The van der Waals surface area contributed by atoms with Gasteiger partial charge in [0.15, 0.2) is 0 Å². The molecule has 2 heteroatoms. The topological polar surface area (TPSA) is 6.48 Å². The summed E-state index contributed by atoms with van der Waals surface area (Å²) in [4.78, 5) is 4.63. The average Bonchev–Trinajstić information content (AvgIpc) is 3.59. The zero-order chi connectivity index (χ0) is 41.1. The van der Waals surface area contributed by atoms with E-state index in [0.717, 1.165) is 22.8 Å². The minimum absolute atomic E-state index is 0.159. The summed E-state index contributed by atoms with van der Waals surface area (Å²) < 4.78 is 0. The van der Waals surface area contributed by atoms with E-state index in [1.807, 2.05) is 13.0 Å². The number of nitrogens with zero attached hydrogens (tertiary/aromatic N) is 2. The number of aryl methyl sites for hydroxylation is 2. The van der Waals surface area contributed by atoms with Crippen LogP contribution >= 0.6 is 0 Å². The molecular weight excluding hydrogens is 713 g/mol. The third-order valence-electron chi connectivity index (χ3n) is 12.6. The lowest BCUT2D eigenvalue weighted by Gasteiger charge is -2.28. The van der Waals surface area contributed by atoms with Gasteiger partial charge in [-0.1, -0.05) is 149 Å². The van der Waals surface area contributed by atoms with Crippen LogP contribution < -0.4 is 9.80 Å². The highest BCUT2D eigenvalue weighted by Crippen LogP contribution is 2.52. The van der Waals surface area contributed by atoms with Gasteiger partial charge in [0.05, 0.1) is 0 Å². The van der Waals surface area contributed by atoms with Gasteiger partial charge >= 0.3 is 0 Å². The standard InChI is InChI=1S/C57H52N2/c1-9-14-40(4)58(43-16-11-10-12-17-43)46-27-31-50-48-29-23-41(34-52(48)56(5,6)54(50)36-46)21-22-42-24-30-49-51-32-28-47(37-55(51)57(7,8)53(49)35-42)59(44-25-19-38(2)20-26-44)45-18-13-15-39(3)33-45/h9-37H,4H2,1-3,5-8H3. The van der Waals surface area contributed by atoms with Crippen molar-refractivity contribution in [3.8, 4) is 22.3 Å². The first kappa shape index (κ1) is 37.9. The molecule has 9 rings (SSSR count). The van der Waals surface area contributed by atoms with Gasteiger partial charge in [-0.2, -0.15) is 0 Å². The van der Waals surface area contributed by atoms with Crippen LogP contribution in [0.1, 0.15) is 79.1 Å². The van der Waals surface area contributed by atoms with Gasteiger partial charge in [-0.15, -0.1) is 0 Å². The van der Waals surface area contributed by atoms with E-state index in [9.17, 15) is 0 Å². The van der Waals surface area contributed by atoms with Crippen molar-refractivity contribution >= 4 is 40.6 Å². The molecule has 59 heavy (non-hydrogen) atoms. The zero-order valence-electron chi connectivity index (χ0n) is 35.3. The molecule has 0 saturated heterocycles. The minimum Gasteiger partial charge on any atom is -0.311 e. The van der Waals surface area contributed by atoms with Crippen LogP contribution in [0.15, 0.2) is 176 Å². The Morgan fingerprint density at radius 1 is 0.458 bits per heavy atom. The van der Waals surface area contributed by atoms with Gasteiger partial charge in [-0.3, -0.25) is 0 Å². The zero-order valence-corrected chi connectivity index (χ0v) is 35.3. The number of hydrogen-bond donors (Lipinski definition) is 0. The summed E-state index contributed by atoms with van der Waals surface area (Å²) in [6.07, 6.45) is 8.68. The summed E-state index contributed by atoms with van der Waals surface area (Å²) in [5.74, 6) is 0. The molecule has 2 nitrogen and oxygen atoms in total. The Bertz CT molecular complexity index is 2810. The molecule has 0 aromatic heterocycles. The molecule has 2 aliphatic rings. The first-order valence-electron chi connectivity index (χ1n) is 20.8. The van der Waals surface area contributed by atoms with Crippen LogP contribution in [-0.4, -0.2) is 0 Å². The SMILES string of the molecule is C=C(C=CC)N(c1ccccc1)c1ccc2c(c1)C(C)(C)c1cc(C=Cc3ccc4c(c3)C(C)(C)c3cc(N(c5ccc(C)cc5)c5cccc(C)c5)ccc3-4)ccc1-2. The predicted molar refractivity (Wildman–Crippen MR) is 254 cm³/mol. The molecule has 0 heterocycles. The molecule has 0 N–H and O–H groups in total. The Labute approximate surface area is 351 Å². The van der Waals surface area contributed by atoms with Gasteiger partial charge < -0.3 is 9.80 Å². The van der Waals surface area contributed by atoms with Gasteiger partial charge in [0.2, 0.25) is 0 Å². The number of anilines is 5. The van der Waals surface area contributed by atoms with Crippen LogP contribution in [0.4, 0.5) is 28.4 Å². The highest BCUT2D eigenvalue weighted by Gasteiger charge is 2.37. The fraction of sp³-hybridized carbons (Fsp3) is 0.158. The molecule has 0 radical (unpaired) electrons. The van der Waals surface area contributed by atoms with Crippen LogP contribution in [0, 0.1) is 13.8 Å². The van der Waals surface area contributed by atoms with Crippen molar-refractivity contribution in [2.45, 2.75) is 59.3 Å². The van der Waals surface area contributed by atoms with E-state index >= 15 is 0 Å². The number of para-hydroxylation sites is 1. The Hall–Kier alpha value is -6.64. The van der Waals surface area contributed by atoms with Gasteiger partial charge in [0.1, 0.15) is 0 Å². The molecule has 7 aromatic rings. The second-order valence-electron chi connectivity index (χ2n) is 17.3. The fourth-order valence-corrected chi connectivity index (χ4v) is 9.40. The molecule has 7 aromatic carbocycles. The molecule has 2 aliphatic carbocycles. The Morgan fingerprint density at radius 3 is 1.49 bits per heavy atom. The van der Waals surface area contributed by atoms with Crippen molar-refractivity contribution in [3.05, 3.63) is 221 Å². The lowest BCUT2D eigenvalue weighted by Crippen LogP contribution is -2.18. The van der Waals surface area contributed by atoms with E-state index < -0.39 is 0 Å². The summed E-state index contributed by atoms with van der Waals surface area (Å²) in [7, 11) is 0. The van der Waals surface area contributed by atoms with Crippen LogP contribution in [-0.2, 0) is 10.8 Å². The maximum atomic E-state index is 4.43. The fourth-order valence-electron chi connectivity index (χ4n) is 9.40. The van der Waals surface area contributed by atoms with E-state index in [2.05, 4.69) is 228 Å². The molecule has 0 aliphatic heterocycles. The molecule has 0 atom stereocenters. The third-order valence-corrected chi connectivity index (χ3v) is 12.6. The first-order valence-corrected chi connectivity index (χ1v) is 20.8. The van der Waals surface area contributed by atoms with E-state index in [-0.39, 0.29) is 10.8 Å². The van der Waals surface area contributed by atoms with Gasteiger partial charge in [-0.25, -0.2) is 0 Å². The lowest BCUT2D eigenvalue weighted by molar-refractivity contribution is 0.660. The summed E-state index contributed by atoms with van der Waals surface area (Å²) in [5, 5.41) is 0. The first-order chi connectivity index (χ1) is 28.4. The van der Waals surface area contributed by atoms with Crippen LogP contribution in [0.2, 0.25) is 0 Å². The number of benzene rings is 7. The van der Waals surface area contributed by atoms with Crippen LogP contribution in [0.3, 0.4) is 0 Å². The summed E-state index contributed by atoms with van der Waals surface area (Å²) in [6.45, 7) is 20.2.